The second kappa shape index (κ2) is 5.45. The van der Waals surface area contributed by atoms with Crippen molar-refractivity contribution in [2.45, 2.75) is 32.0 Å². The van der Waals surface area contributed by atoms with Crippen molar-refractivity contribution in [3.8, 4) is 5.75 Å². The van der Waals surface area contributed by atoms with Crippen LogP contribution in [0.15, 0.2) is 36.8 Å². The van der Waals surface area contributed by atoms with Crippen LogP contribution in [0.2, 0.25) is 0 Å². The van der Waals surface area contributed by atoms with Crippen LogP contribution in [0.5, 0.6) is 5.75 Å². The Kier molecular flexibility index (Phi) is 3.51. The van der Waals surface area contributed by atoms with Crippen LogP contribution in [0, 0.1) is 0 Å². The molecule has 4 nitrogen and oxygen atoms in total. The third kappa shape index (κ3) is 3.35. The van der Waals surface area contributed by atoms with E-state index in [9.17, 15) is 0 Å². The standard InChI is InChI=1S/C15H19N3O/c1-18-11-16-9-14(18)10-19-15-4-2-3-12(7-15)8-17-13-5-6-13/h2-4,7,9,11,13,17H,5-6,8,10H2,1H3. The molecule has 1 fully saturated rings. The fraction of sp³-hybridized carbons (Fsp3) is 0.400. The largest absolute Gasteiger partial charge is 0.487 e. The molecule has 100 valence electrons. The third-order valence-corrected chi connectivity index (χ3v) is 3.37. The minimum absolute atomic E-state index is 0.552. The van der Waals surface area contributed by atoms with Crippen molar-refractivity contribution in [1.82, 2.24) is 14.9 Å². The van der Waals surface area contributed by atoms with Gasteiger partial charge in [-0.1, -0.05) is 12.1 Å². The summed E-state index contributed by atoms with van der Waals surface area (Å²) in [6.07, 6.45) is 6.25. The number of imidazole rings is 1. The summed E-state index contributed by atoms with van der Waals surface area (Å²) in [5, 5.41) is 3.51. The molecular formula is C15H19N3O. The van der Waals surface area contributed by atoms with Gasteiger partial charge < -0.3 is 14.6 Å². The Bertz CT molecular complexity index is 546. The van der Waals surface area contributed by atoms with Gasteiger partial charge in [-0.25, -0.2) is 4.98 Å². The molecule has 1 aromatic heterocycles. The van der Waals surface area contributed by atoms with E-state index in [1.165, 1.54) is 18.4 Å². The Balaban J connectivity index is 1.57. The summed E-state index contributed by atoms with van der Waals surface area (Å²) in [5.74, 6) is 0.913. The van der Waals surface area contributed by atoms with Crippen molar-refractivity contribution in [2.75, 3.05) is 0 Å². The molecule has 1 aromatic carbocycles. The highest BCUT2D eigenvalue weighted by Crippen LogP contribution is 2.20. The van der Waals surface area contributed by atoms with Crippen LogP contribution in [-0.4, -0.2) is 15.6 Å². The highest BCUT2D eigenvalue weighted by molar-refractivity contribution is 5.28. The Morgan fingerprint density at radius 1 is 1.42 bits per heavy atom. The Labute approximate surface area is 113 Å². The summed E-state index contributed by atoms with van der Waals surface area (Å²) in [6, 6.07) is 9.01. The van der Waals surface area contributed by atoms with Crippen LogP contribution >= 0.6 is 0 Å². The molecule has 19 heavy (non-hydrogen) atoms. The number of aromatic nitrogens is 2. The highest BCUT2D eigenvalue weighted by atomic mass is 16.5. The molecule has 0 spiro atoms. The van der Waals surface area contributed by atoms with Gasteiger partial charge in [-0.05, 0) is 30.5 Å². The van der Waals surface area contributed by atoms with Gasteiger partial charge in [0.15, 0.2) is 0 Å². The number of nitrogens with zero attached hydrogens (tertiary/aromatic N) is 2. The second-order valence-corrected chi connectivity index (χ2v) is 5.09. The Morgan fingerprint density at radius 3 is 3.05 bits per heavy atom. The van der Waals surface area contributed by atoms with E-state index in [4.69, 9.17) is 4.74 Å². The smallest absolute Gasteiger partial charge is 0.130 e. The number of hydrogen-bond acceptors (Lipinski definition) is 3. The summed E-state index contributed by atoms with van der Waals surface area (Å²) in [4.78, 5) is 4.08. The van der Waals surface area contributed by atoms with E-state index in [0.29, 0.717) is 6.61 Å². The zero-order valence-electron chi connectivity index (χ0n) is 11.2. The summed E-state index contributed by atoms with van der Waals surface area (Å²) < 4.78 is 7.78. The molecule has 0 radical (unpaired) electrons. The average Bonchev–Trinajstić information content (AvgIpc) is 3.17. The summed E-state index contributed by atoms with van der Waals surface area (Å²) >= 11 is 0. The fourth-order valence-corrected chi connectivity index (χ4v) is 1.98. The van der Waals surface area contributed by atoms with Crippen LogP contribution in [0.4, 0.5) is 0 Å². The van der Waals surface area contributed by atoms with Crippen molar-refractivity contribution in [3.05, 3.63) is 48.0 Å². The molecule has 1 aliphatic carbocycles. The van der Waals surface area contributed by atoms with Gasteiger partial charge in [0.05, 0.1) is 18.2 Å². The van der Waals surface area contributed by atoms with Gasteiger partial charge in [-0.3, -0.25) is 0 Å². The molecule has 1 heterocycles. The molecule has 0 bridgehead atoms. The molecule has 2 aromatic rings. The molecule has 1 aliphatic rings. The maximum Gasteiger partial charge on any atom is 0.130 e. The first-order chi connectivity index (χ1) is 9.31. The van der Waals surface area contributed by atoms with E-state index >= 15 is 0 Å². The van der Waals surface area contributed by atoms with Crippen molar-refractivity contribution >= 4 is 0 Å². The minimum atomic E-state index is 0.552. The molecule has 1 N–H and O–H groups in total. The molecular weight excluding hydrogens is 238 g/mol. The van der Waals surface area contributed by atoms with Gasteiger partial charge >= 0.3 is 0 Å². The number of ether oxygens (including phenoxy) is 1. The van der Waals surface area contributed by atoms with Crippen LogP contribution in [0.3, 0.4) is 0 Å². The van der Waals surface area contributed by atoms with Crippen LogP contribution in [0.1, 0.15) is 24.1 Å². The monoisotopic (exact) mass is 257 g/mol. The quantitative estimate of drug-likeness (QED) is 0.862. The first-order valence-electron chi connectivity index (χ1n) is 6.71. The van der Waals surface area contributed by atoms with Gasteiger partial charge in [0.1, 0.15) is 12.4 Å². The number of aryl methyl sites for hydroxylation is 1. The average molecular weight is 257 g/mol. The first kappa shape index (κ1) is 12.2. The minimum Gasteiger partial charge on any atom is -0.487 e. The van der Waals surface area contributed by atoms with Gasteiger partial charge in [-0.2, -0.15) is 0 Å². The molecule has 0 aliphatic heterocycles. The maximum absolute atomic E-state index is 5.81. The van der Waals surface area contributed by atoms with Crippen LogP contribution in [0.25, 0.3) is 0 Å². The molecule has 1 saturated carbocycles. The lowest BCUT2D eigenvalue weighted by Crippen LogP contribution is -2.15. The molecule has 3 rings (SSSR count). The number of hydrogen-bond donors (Lipinski definition) is 1. The first-order valence-corrected chi connectivity index (χ1v) is 6.71. The third-order valence-electron chi connectivity index (χ3n) is 3.37. The zero-order chi connectivity index (χ0) is 13.1. The van der Waals surface area contributed by atoms with Gasteiger partial charge in [-0.15, -0.1) is 0 Å². The normalized spacial score (nSPS) is 14.6. The van der Waals surface area contributed by atoms with Crippen LogP contribution in [-0.2, 0) is 20.2 Å². The second-order valence-electron chi connectivity index (χ2n) is 5.09. The number of nitrogens with one attached hydrogen (secondary N) is 1. The predicted octanol–water partition coefficient (Wildman–Crippen LogP) is 2.25. The van der Waals surface area contributed by atoms with E-state index in [0.717, 1.165) is 24.0 Å². The van der Waals surface area contributed by atoms with E-state index < -0.39 is 0 Å². The van der Waals surface area contributed by atoms with Gasteiger partial charge in [0.25, 0.3) is 0 Å². The number of benzene rings is 1. The fourth-order valence-electron chi connectivity index (χ4n) is 1.98. The van der Waals surface area contributed by atoms with Gasteiger partial charge in [0, 0.05) is 19.6 Å². The zero-order valence-corrected chi connectivity index (χ0v) is 11.2. The summed E-state index contributed by atoms with van der Waals surface area (Å²) in [5.41, 5.74) is 2.34. The lowest BCUT2D eigenvalue weighted by Gasteiger charge is -2.09. The van der Waals surface area contributed by atoms with E-state index in [1.54, 1.807) is 6.33 Å². The highest BCUT2D eigenvalue weighted by Gasteiger charge is 2.19. The summed E-state index contributed by atoms with van der Waals surface area (Å²) in [7, 11) is 1.97. The lowest BCUT2D eigenvalue weighted by molar-refractivity contribution is 0.296. The molecule has 4 heteroatoms. The topological polar surface area (TPSA) is 39.1 Å². The van der Waals surface area contributed by atoms with Crippen molar-refractivity contribution in [1.29, 1.82) is 0 Å². The SMILES string of the molecule is Cn1cncc1COc1cccc(CNC2CC2)c1. The maximum atomic E-state index is 5.81. The summed E-state index contributed by atoms with van der Waals surface area (Å²) in [6.45, 7) is 1.48. The van der Waals surface area contributed by atoms with E-state index in [-0.39, 0.29) is 0 Å². The Morgan fingerprint density at radius 2 is 2.32 bits per heavy atom. The van der Waals surface area contributed by atoms with Gasteiger partial charge in [0.2, 0.25) is 0 Å². The molecule has 0 atom stereocenters. The molecule has 0 unspecified atom stereocenters. The van der Waals surface area contributed by atoms with Crippen molar-refractivity contribution < 1.29 is 4.74 Å². The van der Waals surface area contributed by atoms with Crippen molar-refractivity contribution in [2.24, 2.45) is 7.05 Å². The molecule has 0 amide bonds. The van der Waals surface area contributed by atoms with E-state index in [2.05, 4.69) is 22.4 Å². The van der Waals surface area contributed by atoms with Crippen LogP contribution < -0.4 is 10.1 Å². The van der Waals surface area contributed by atoms with Crippen molar-refractivity contribution in [3.63, 3.8) is 0 Å². The predicted molar refractivity (Wildman–Crippen MR) is 73.8 cm³/mol. The van der Waals surface area contributed by atoms with E-state index in [1.807, 2.05) is 29.9 Å². The number of rotatable bonds is 6. The molecule has 0 saturated heterocycles. The lowest BCUT2D eigenvalue weighted by atomic mass is 10.2. The Hall–Kier alpha value is -1.81.